The van der Waals surface area contributed by atoms with E-state index in [1.165, 1.54) is 6.42 Å². The molecule has 0 heterocycles. The van der Waals surface area contributed by atoms with Crippen LogP contribution in [-0.4, -0.2) is 12.6 Å². The molecule has 1 fully saturated rings. The summed E-state index contributed by atoms with van der Waals surface area (Å²) in [6.45, 7) is 5.35. The summed E-state index contributed by atoms with van der Waals surface area (Å²) in [7, 11) is 0. The van der Waals surface area contributed by atoms with Gasteiger partial charge in [0.25, 0.3) is 0 Å². The Bertz CT molecular complexity index is 159. The SMILES string of the molecule is CC1CC1C(C)NCCC#N. The van der Waals surface area contributed by atoms with Crippen LogP contribution in [0.5, 0.6) is 0 Å². The highest BCUT2D eigenvalue weighted by molar-refractivity contribution is 4.90. The molecular formula is C9H16N2. The first kappa shape index (κ1) is 8.55. The first-order valence-corrected chi connectivity index (χ1v) is 4.36. The van der Waals surface area contributed by atoms with E-state index in [2.05, 4.69) is 25.2 Å². The van der Waals surface area contributed by atoms with Gasteiger partial charge in [-0.15, -0.1) is 0 Å². The van der Waals surface area contributed by atoms with Crippen molar-refractivity contribution >= 4 is 0 Å². The predicted molar refractivity (Wildman–Crippen MR) is 45.0 cm³/mol. The van der Waals surface area contributed by atoms with E-state index in [-0.39, 0.29) is 0 Å². The van der Waals surface area contributed by atoms with E-state index in [0.29, 0.717) is 12.5 Å². The highest BCUT2D eigenvalue weighted by Gasteiger charge is 2.36. The van der Waals surface area contributed by atoms with Crippen LogP contribution >= 0.6 is 0 Å². The maximum absolute atomic E-state index is 8.30. The Kier molecular flexibility index (Phi) is 2.90. The van der Waals surface area contributed by atoms with Gasteiger partial charge in [0.05, 0.1) is 6.07 Å². The molecule has 0 bridgehead atoms. The summed E-state index contributed by atoms with van der Waals surface area (Å²) < 4.78 is 0. The van der Waals surface area contributed by atoms with Gasteiger partial charge in [0, 0.05) is 19.0 Å². The standard InChI is InChI=1S/C9H16N2/c1-7-6-9(7)8(2)11-5-3-4-10/h7-9,11H,3,5-6H2,1-2H3. The number of nitrogens with one attached hydrogen (secondary N) is 1. The molecule has 3 atom stereocenters. The van der Waals surface area contributed by atoms with Crippen molar-refractivity contribution in [2.45, 2.75) is 32.7 Å². The monoisotopic (exact) mass is 152 g/mol. The van der Waals surface area contributed by atoms with Gasteiger partial charge in [-0.05, 0) is 25.2 Å². The minimum Gasteiger partial charge on any atom is -0.313 e. The molecule has 0 spiro atoms. The third-order valence-electron chi connectivity index (χ3n) is 2.52. The lowest BCUT2D eigenvalue weighted by atomic mass is 10.2. The molecule has 0 amide bonds. The summed E-state index contributed by atoms with van der Waals surface area (Å²) in [5, 5.41) is 11.6. The van der Waals surface area contributed by atoms with Gasteiger partial charge in [0.15, 0.2) is 0 Å². The molecule has 62 valence electrons. The van der Waals surface area contributed by atoms with Crippen molar-refractivity contribution in [2.24, 2.45) is 11.8 Å². The van der Waals surface area contributed by atoms with Crippen molar-refractivity contribution in [3.63, 3.8) is 0 Å². The van der Waals surface area contributed by atoms with Gasteiger partial charge in [0.2, 0.25) is 0 Å². The number of nitrogens with zero attached hydrogens (tertiary/aromatic N) is 1. The van der Waals surface area contributed by atoms with Crippen molar-refractivity contribution in [3.05, 3.63) is 0 Å². The second-order valence-electron chi connectivity index (χ2n) is 3.53. The number of hydrogen-bond donors (Lipinski definition) is 1. The average molecular weight is 152 g/mol. The third-order valence-corrected chi connectivity index (χ3v) is 2.52. The molecule has 0 aliphatic heterocycles. The average Bonchev–Trinajstić information content (AvgIpc) is 2.67. The Morgan fingerprint density at radius 1 is 1.73 bits per heavy atom. The summed E-state index contributed by atoms with van der Waals surface area (Å²) in [6, 6.07) is 2.74. The molecule has 1 aliphatic rings. The molecule has 2 heteroatoms. The predicted octanol–water partition coefficient (Wildman–Crippen LogP) is 1.53. The normalized spacial score (nSPS) is 31.0. The summed E-state index contributed by atoms with van der Waals surface area (Å²) in [5.74, 6) is 1.77. The van der Waals surface area contributed by atoms with Gasteiger partial charge in [-0.1, -0.05) is 6.92 Å². The van der Waals surface area contributed by atoms with Gasteiger partial charge >= 0.3 is 0 Å². The fraction of sp³-hybridized carbons (Fsp3) is 0.889. The Labute approximate surface area is 68.6 Å². The Morgan fingerprint density at radius 3 is 2.82 bits per heavy atom. The van der Waals surface area contributed by atoms with Crippen LogP contribution in [0.1, 0.15) is 26.7 Å². The lowest BCUT2D eigenvalue weighted by Gasteiger charge is -2.10. The molecule has 1 aliphatic carbocycles. The molecule has 0 radical (unpaired) electrons. The van der Waals surface area contributed by atoms with Crippen LogP contribution in [-0.2, 0) is 0 Å². The van der Waals surface area contributed by atoms with E-state index in [1.807, 2.05) is 0 Å². The molecule has 11 heavy (non-hydrogen) atoms. The molecule has 0 saturated heterocycles. The van der Waals surface area contributed by atoms with E-state index >= 15 is 0 Å². The van der Waals surface area contributed by atoms with Crippen LogP contribution in [0.4, 0.5) is 0 Å². The number of nitriles is 1. The second-order valence-corrected chi connectivity index (χ2v) is 3.53. The van der Waals surface area contributed by atoms with E-state index < -0.39 is 0 Å². The van der Waals surface area contributed by atoms with Gasteiger partial charge < -0.3 is 5.32 Å². The third kappa shape index (κ3) is 2.51. The van der Waals surface area contributed by atoms with E-state index in [4.69, 9.17) is 5.26 Å². The van der Waals surface area contributed by atoms with Crippen LogP contribution in [0.3, 0.4) is 0 Å². The fourth-order valence-corrected chi connectivity index (χ4v) is 1.55. The first-order valence-electron chi connectivity index (χ1n) is 4.36. The van der Waals surface area contributed by atoms with Crippen LogP contribution in [0.2, 0.25) is 0 Å². The van der Waals surface area contributed by atoms with E-state index in [0.717, 1.165) is 18.4 Å². The maximum atomic E-state index is 8.30. The number of hydrogen-bond acceptors (Lipinski definition) is 2. The minimum atomic E-state index is 0.610. The van der Waals surface area contributed by atoms with Crippen LogP contribution in [0.15, 0.2) is 0 Å². The van der Waals surface area contributed by atoms with Crippen molar-refractivity contribution in [2.75, 3.05) is 6.54 Å². The molecule has 3 unspecified atom stereocenters. The molecule has 1 saturated carbocycles. The highest BCUT2D eigenvalue weighted by Crippen LogP contribution is 2.40. The first-order chi connectivity index (χ1) is 5.25. The van der Waals surface area contributed by atoms with E-state index in [9.17, 15) is 0 Å². The lowest BCUT2D eigenvalue weighted by Crippen LogP contribution is -2.29. The molecule has 1 rings (SSSR count). The molecule has 1 N–H and O–H groups in total. The topological polar surface area (TPSA) is 35.8 Å². The van der Waals surface area contributed by atoms with Crippen LogP contribution in [0.25, 0.3) is 0 Å². The minimum absolute atomic E-state index is 0.610. The van der Waals surface area contributed by atoms with Crippen molar-refractivity contribution < 1.29 is 0 Å². The molecule has 2 nitrogen and oxygen atoms in total. The Balaban J connectivity index is 2.03. The van der Waals surface area contributed by atoms with Gasteiger partial charge in [-0.3, -0.25) is 0 Å². The smallest absolute Gasteiger partial charge is 0.0635 e. The zero-order valence-corrected chi connectivity index (χ0v) is 7.30. The molecule has 0 aromatic heterocycles. The van der Waals surface area contributed by atoms with Crippen molar-refractivity contribution in [1.82, 2.24) is 5.32 Å². The summed E-state index contributed by atoms with van der Waals surface area (Å²) >= 11 is 0. The Hall–Kier alpha value is -0.550. The quantitative estimate of drug-likeness (QED) is 0.620. The summed E-state index contributed by atoms with van der Waals surface area (Å²) in [4.78, 5) is 0. The zero-order valence-electron chi connectivity index (χ0n) is 7.30. The summed E-state index contributed by atoms with van der Waals surface area (Å²) in [6.07, 6.45) is 1.99. The molecule has 0 aromatic rings. The lowest BCUT2D eigenvalue weighted by molar-refractivity contribution is 0.484. The fourth-order valence-electron chi connectivity index (χ4n) is 1.55. The van der Waals surface area contributed by atoms with Gasteiger partial charge in [-0.25, -0.2) is 0 Å². The van der Waals surface area contributed by atoms with Crippen LogP contribution < -0.4 is 5.32 Å². The Morgan fingerprint density at radius 2 is 2.36 bits per heavy atom. The van der Waals surface area contributed by atoms with Crippen molar-refractivity contribution in [1.29, 1.82) is 5.26 Å². The number of rotatable bonds is 4. The second kappa shape index (κ2) is 3.73. The largest absolute Gasteiger partial charge is 0.313 e. The zero-order chi connectivity index (χ0) is 8.27. The molecule has 0 aromatic carbocycles. The summed E-state index contributed by atoms with van der Waals surface area (Å²) in [5.41, 5.74) is 0. The maximum Gasteiger partial charge on any atom is 0.0635 e. The van der Waals surface area contributed by atoms with E-state index in [1.54, 1.807) is 0 Å². The van der Waals surface area contributed by atoms with Gasteiger partial charge in [-0.2, -0.15) is 5.26 Å². The molecular weight excluding hydrogens is 136 g/mol. The van der Waals surface area contributed by atoms with Gasteiger partial charge in [0.1, 0.15) is 0 Å². The highest BCUT2D eigenvalue weighted by atomic mass is 14.9. The van der Waals surface area contributed by atoms with Crippen molar-refractivity contribution in [3.8, 4) is 6.07 Å². The van der Waals surface area contributed by atoms with Crippen LogP contribution in [0, 0.1) is 23.2 Å².